The maximum atomic E-state index is 13.0. The average Bonchev–Trinajstić information content (AvgIpc) is 2.65. The molecule has 3 rings (SSSR count). The minimum absolute atomic E-state index is 0.0394. The zero-order valence-electron chi connectivity index (χ0n) is 17.4. The van der Waals surface area contributed by atoms with Gasteiger partial charge in [0.25, 0.3) is 5.56 Å². The molecule has 0 radical (unpaired) electrons. The number of rotatable bonds is 4. The van der Waals surface area contributed by atoms with E-state index in [4.69, 9.17) is 18.9 Å². The molecule has 0 fully saturated rings. The Balaban J connectivity index is 2.29. The van der Waals surface area contributed by atoms with E-state index in [1.807, 2.05) is 19.1 Å². The summed E-state index contributed by atoms with van der Waals surface area (Å²) in [7, 11) is 1.60. The molecule has 3 atom stereocenters. The van der Waals surface area contributed by atoms with E-state index in [-0.39, 0.29) is 12.4 Å². The predicted molar refractivity (Wildman–Crippen MR) is 105 cm³/mol. The zero-order valence-corrected chi connectivity index (χ0v) is 17.4. The van der Waals surface area contributed by atoms with E-state index in [0.29, 0.717) is 16.5 Å². The second-order valence-corrected chi connectivity index (χ2v) is 7.19. The molecule has 30 heavy (non-hydrogen) atoms. The molecule has 0 amide bonds. The molecule has 1 aliphatic heterocycles. The van der Waals surface area contributed by atoms with Crippen LogP contribution in [-0.2, 0) is 35.6 Å². The van der Waals surface area contributed by atoms with E-state index in [2.05, 4.69) is 0 Å². The first kappa shape index (κ1) is 21.4. The largest absolute Gasteiger partial charge is 0.477 e. The number of aromatic nitrogens is 1. The van der Waals surface area contributed by atoms with Gasteiger partial charge in [-0.3, -0.25) is 19.2 Å². The van der Waals surface area contributed by atoms with Crippen LogP contribution in [-0.4, -0.2) is 41.3 Å². The lowest BCUT2D eigenvalue weighted by Crippen LogP contribution is -2.49. The van der Waals surface area contributed by atoms with Crippen LogP contribution in [0.4, 0.5) is 0 Å². The number of esters is 3. The number of pyridine rings is 1. The van der Waals surface area contributed by atoms with Crippen LogP contribution in [0.25, 0.3) is 10.9 Å². The molecule has 0 aliphatic carbocycles. The molecule has 2 aromatic rings. The fourth-order valence-electron chi connectivity index (χ4n) is 3.59. The van der Waals surface area contributed by atoms with E-state index in [1.54, 1.807) is 13.1 Å². The molecule has 1 aromatic carbocycles. The Labute approximate surface area is 172 Å². The van der Waals surface area contributed by atoms with Gasteiger partial charge in [-0.2, -0.15) is 0 Å². The molecule has 0 saturated heterocycles. The monoisotopic (exact) mass is 417 g/mol. The maximum absolute atomic E-state index is 13.0. The second-order valence-electron chi connectivity index (χ2n) is 7.19. The van der Waals surface area contributed by atoms with Gasteiger partial charge in [0.05, 0.1) is 11.1 Å². The van der Waals surface area contributed by atoms with Crippen LogP contribution >= 0.6 is 0 Å². The van der Waals surface area contributed by atoms with Gasteiger partial charge in [-0.05, 0) is 19.1 Å². The molecule has 0 N–H and O–H groups in total. The Bertz CT molecular complexity index is 1090. The summed E-state index contributed by atoms with van der Waals surface area (Å²) in [6.07, 6.45) is -3.27. The van der Waals surface area contributed by atoms with Crippen molar-refractivity contribution >= 4 is 28.8 Å². The smallest absolute Gasteiger partial charge is 0.303 e. The summed E-state index contributed by atoms with van der Waals surface area (Å²) in [5.41, 5.74) is 1.38. The maximum Gasteiger partial charge on any atom is 0.303 e. The van der Waals surface area contributed by atoms with Crippen molar-refractivity contribution in [3.8, 4) is 5.75 Å². The lowest BCUT2D eigenvalue weighted by atomic mass is 9.92. The molecular formula is C21H23NO8. The molecule has 9 nitrogen and oxygen atoms in total. The van der Waals surface area contributed by atoms with E-state index >= 15 is 0 Å². The number of carbonyl (C=O) groups excluding carboxylic acids is 3. The number of benzene rings is 1. The van der Waals surface area contributed by atoms with Gasteiger partial charge in [0.1, 0.15) is 6.61 Å². The van der Waals surface area contributed by atoms with Crippen LogP contribution < -0.4 is 10.3 Å². The van der Waals surface area contributed by atoms with Crippen molar-refractivity contribution < 1.29 is 33.3 Å². The number of aryl methyl sites for hydroxylation is 2. The van der Waals surface area contributed by atoms with Crippen molar-refractivity contribution in [3.63, 3.8) is 0 Å². The summed E-state index contributed by atoms with van der Waals surface area (Å²) in [5.74, 6) is -1.88. The highest BCUT2D eigenvalue weighted by Crippen LogP contribution is 2.41. The normalized spacial score (nSPS) is 20.1. The Morgan fingerprint density at radius 1 is 1.07 bits per heavy atom. The Morgan fingerprint density at radius 3 is 2.33 bits per heavy atom. The molecule has 0 bridgehead atoms. The second kappa shape index (κ2) is 8.17. The van der Waals surface area contributed by atoms with Crippen LogP contribution in [0, 0.1) is 6.92 Å². The summed E-state index contributed by atoms with van der Waals surface area (Å²) in [4.78, 5) is 48.0. The van der Waals surface area contributed by atoms with Gasteiger partial charge in [0.2, 0.25) is 0 Å². The fraction of sp³-hybridized carbons (Fsp3) is 0.429. The topological polar surface area (TPSA) is 110 Å². The van der Waals surface area contributed by atoms with Gasteiger partial charge in [0.15, 0.2) is 24.1 Å². The Morgan fingerprint density at radius 2 is 1.73 bits per heavy atom. The molecule has 0 saturated carbocycles. The molecule has 0 unspecified atom stereocenters. The third kappa shape index (κ3) is 4.00. The van der Waals surface area contributed by atoms with E-state index < -0.39 is 41.8 Å². The van der Waals surface area contributed by atoms with E-state index in [9.17, 15) is 19.2 Å². The third-order valence-electron chi connectivity index (χ3n) is 4.81. The van der Waals surface area contributed by atoms with Gasteiger partial charge in [-0.15, -0.1) is 0 Å². The molecule has 1 aliphatic rings. The first-order valence-corrected chi connectivity index (χ1v) is 9.37. The summed E-state index contributed by atoms with van der Waals surface area (Å²) >= 11 is 0. The first-order valence-electron chi connectivity index (χ1n) is 9.37. The highest BCUT2D eigenvalue weighted by Gasteiger charge is 2.46. The van der Waals surface area contributed by atoms with Crippen molar-refractivity contribution in [1.82, 2.24) is 4.57 Å². The molecular weight excluding hydrogens is 394 g/mol. The molecule has 0 spiro atoms. The van der Waals surface area contributed by atoms with Crippen LogP contribution in [0.15, 0.2) is 23.0 Å². The van der Waals surface area contributed by atoms with Gasteiger partial charge >= 0.3 is 17.9 Å². The van der Waals surface area contributed by atoms with E-state index in [0.717, 1.165) is 5.56 Å². The van der Waals surface area contributed by atoms with Crippen molar-refractivity contribution in [2.75, 3.05) is 6.61 Å². The average molecular weight is 417 g/mol. The number of hydrogen-bond donors (Lipinski definition) is 0. The van der Waals surface area contributed by atoms with Crippen molar-refractivity contribution in [2.24, 2.45) is 7.05 Å². The summed E-state index contributed by atoms with van der Waals surface area (Å²) < 4.78 is 23.3. The van der Waals surface area contributed by atoms with Gasteiger partial charge in [0, 0.05) is 33.2 Å². The fourth-order valence-corrected chi connectivity index (χ4v) is 3.59. The van der Waals surface area contributed by atoms with Gasteiger partial charge < -0.3 is 23.5 Å². The van der Waals surface area contributed by atoms with Crippen molar-refractivity contribution in [2.45, 2.75) is 46.0 Å². The number of fused-ring (bicyclic) bond motifs is 3. The SMILES string of the molecule is CC(=O)OC[C@H]1Oc2c(c3cc(C)ccc3n(C)c2=O)[C@@H](OC(C)=O)[C@@H]1OC(C)=O. The highest BCUT2D eigenvalue weighted by atomic mass is 16.6. The van der Waals surface area contributed by atoms with Crippen molar-refractivity contribution in [3.05, 3.63) is 39.7 Å². The minimum atomic E-state index is -1.12. The summed E-state index contributed by atoms with van der Waals surface area (Å²) in [5, 5.41) is 0.626. The Hall–Kier alpha value is -3.36. The van der Waals surface area contributed by atoms with Crippen molar-refractivity contribution in [1.29, 1.82) is 0 Å². The van der Waals surface area contributed by atoms with E-state index in [1.165, 1.54) is 25.3 Å². The predicted octanol–water partition coefficient (Wildman–Crippen LogP) is 1.71. The third-order valence-corrected chi connectivity index (χ3v) is 4.81. The van der Waals surface area contributed by atoms with Crippen LogP contribution in [0.3, 0.4) is 0 Å². The highest BCUT2D eigenvalue weighted by molar-refractivity contribution is 5.86. The summed E-state index contributed by atoms with van der Waals surface area (Å²) in [6.45, 7) is 5.23. The molecule has 1 aromatic heterocycles. The minimum Gasteiger partial charge on any atom is -0.477 e. The molecule has 2 heterocycles. The molecule has 9 heteroatoms. The summed E-state index contributed by atoms with van der Waals surface area (Å²) in [6, 6.07) is 5.47. The Kier molecular flexibility index (Phi) is 5.82. The van der Waals surface area contributed by atoms with Crippen LogP contribution in [0.2, 0.25) is 0 Å². The zero-order chi connectivity index (χ0) is 22.2. The lowest BCUT2D eigenvalue weighted by Gasteiger charge is -2.38. The number of nitrogens with zero attached hydrogens (tertiary/aromatic N) is 1. The standard InChI is InChI=1S/C21H23NO8/c1-10-6-7-15-14(8-10)17-19(29-13(4)25)18(28-12(3)24)16(9-27-11(2)23)30-20(17)21(26)22(15)5/h6-8,16,18-19H,9H2,1-5H3/t16-,18-,19-/m1/s1. The van der Waals surface area contributed by atoms with Gasteiger partial charge in [-0.1, -0.05) is 11.6 Å². The first-order chi connectivity index (χ1) is 14.1. The number of hydrogen-bond acceptors (Lipinski definition) is 8. The van der Waals surface area contributed by atoms with Gasteiger partial charge in [-0.25, -0.2) is 0 Å². The molecule has 160 valence electrons. The quantitative estimate of drug-likeness (QED) is 0.546. The number of carbonyl (C=O) groups is 3. The number of ether oxygens (including phenoxy) is 4. The van der Waals surface area contributed by atoms with Crippen LogP contribution in [0.1, 0.15) is 38.0 Å². The van der Waals surface area contributed by atoms with Crippen LogP contribution in [0.5, 0.6) is 5.75 Å². The lowest BCUT2D eigenvalue weighted by molar-refractivity contribution is -0.182.